The van der Waals surface area contributed by atoms with Crippen molar-refractivity contribution in [2.75, 3.05) is 16.6 Å². The topological polar surface area (TPSA) is 105 Å². The van der Waals surface area contributed by atoms with Gasteiger partial charge in [-0.3, -0.25) is 9.10 Å². The highest BCUT2D eigenvalue weighted by Crippen LogP contribution is 2.24. The molecule has 1 aliphatic rings. The SMILES string of the molecule is O=C(NCc1nc(-c2cccs2)no1)c1ccc(N2CCCCS2(=O)=O)cc1. The fraction of sp³-hybridized carbons (Fsp3) is 0.278. The average Bonchev–Trinajstić information content (AvgIpc) is 3.37. The maximum atomic E-state index is 12.3. The second kappa shape index (κ2) is 7.72. The zero-order valence-corrected chi connectivity index (χ0v) is 16.5. The van der Waals surface area contributed by atoms with E-state index in [1.165, 1.54) is 15.6 Å². The normalized spacial score (nSPS) is 16.1. The second-order valence-electron chi connectivity index (χ2n) is 6.31. The highest BCUT2D eigenvalue weighted by molar-refractivity contribution is 7.92. The molecule has 1 amide bonds. The first-order chi connectivity index (χ1) is 13.5. The highest BCUT2D eigenvalue weighted by Gasteiger charge is 2.26. The molecule has 2 aromatic heterocycles. The number of aromatic nitrogens is 2. The molecule has 8 nitrogen and oxygen atoms in total. The summed E-state index contributed by atoms with van der Waals surface area (Å²) in [4.78, 5) is 17.5. The van der Waals surface area contributed by atoms with Crippen molar-refractivity contribution in [1.29, 1.82) is 0 Å². The lowest BCUT2D eigenvalue weighted by atomic mass is 10.2. The number of benzene rings is 1. The summed E-state index contributed by atoms with van der Waals surface area (Å²) in [7, 11) is -3.27. The van der Waals surface area contributed by atoms with E-state index in [9.17, 15) is 13.2 Å². The largest absolute Gasteiger partial charge is 0.343 e. The van der Waals surface area contributed by atoms with Gasteiger partial charge in [0.25, 0.3) is 5.91 Å². The van der Waals surface area contributed by atoms with E-state index in [4.69, 9.17) is 4.52 Å². The summed E-state index contributed by atoms with van der Waals surface area (Å²) < 4.78 is 30.9. The fourth-order valence-electron chi connectivity index (χ4n) is 2.95. The summed E-state index contributed by atoms with van der Waals surface area (Å²) in [5.74, 6) is 0.662. The summed E-state index contributed by atoms with van der Waals surface area (Å²) in [5.41, 5.74) is 1.00. The number of sulfonamides is 1. The van der Waals surface area contributed by atoms with Crippen LogP contribution in [0.15, 0.2) is 46.3 Å². The van der Waals surface area contributed by atoms with Crippen molar-refractivity contribution in [3.05, 3.63) is 53.2 Å². The van der Waals surface area contributed by atoms with Crippen LogP contribution in [0.3, 0.4) is 0 Å². The Labute approximate surface area is 166 Å². The van der Waals surface area contributed by atoms with Gasteiger partial charge in [0.2, 0.25) is 21.7 Å². The molecule has 28 heavy (non-hydrogen) atoms. The Morgan fingerprint density at radius 2 is 2.04 bits per heavy atom. The van der Waals surface area contributed by atoms with E-state index < -0.39 is 10.0 Å². The monoisotopic (exact) mass is 418 g/mol. The van der Waals surface area contributed by atoms with E-state index in [2.05, 4.69) is 15.5 Å². The molecule has 4 rings (SSSR count). The zero-order chi connectivity index (χ0) is 19.6. The summed E-state index contributed by atoms with van der Waals surface area (Å²) in [5, 5.41) is 8.54. The number of thiophene rings is 1. The molecule has 146 valence electrons. The number of nitrogens with zero attached hydrogens (tertiary/aromatic N) is 3. The maximum Gasteiger partial charge on any atom is 0.251 e. The molecular formula is C18H18N4O4S2. The summed E-state index contributed by atoms with van der Waals surface area (Å²) in [6.07, 6.45) is 1.52. The minimum atomic E-state index is -3.27. The lowest BCUT2D eigenvalue weighted by molar-refractivity contribution is 0.0946. The van der Waals surface area contributed by atoms with Crippen LogP contribution in [0, 0.1) is 0 Å². The van der Waals surface area contributed by atoms with Crippen molar-refractivity contribution in [2.45, 2.75) is 19.4 Å². The van der Waals surface area contributed by atoms with E-state index in [0.717, 1.165) is 11.3 Å². The molecule has 1 aromatic carbocycles. The van der Waals surface area contributed by atoms with Gasteiger partial charge in [-0.2, -0.15) is 4.98 Å². The molecule has 1 fully saturated rings. The van der Waals surface area contributed by atoms with Crippen molar-refractivity contribution in [1.82, 2.24) is 15.5 Å². The van der Waals surface area contributed by atoms with Crippen LogP contribution in [0.5, 0.6) is 0 Å². The van der Waals surface area contributed by atoms with Gasteiger partial charge in [-0.25, -0.2) is 8.42 Å². The first-order valence-electron chi connectivity index (χ1n) is 8.78. The number of nitrogens with one attached hydrogen (secondary N) is 1. The van der Waals surface area contributed by atoms with E-state index in [-0.39, 0.29) is 18.2 Å². The van der Waals surface area contributed by atoms with Gasteiger partial charge in [0.05, 0.1) is 22.9 Å². The quantitative estimate of drug-likeness (QED) is 0.683. The number of amides is 1. The van der Waals surface area contributed by atoms with Crippen LogP contribution in [0.1, 0.15) is 29.1 Å². The van der Waals surface area contributed by atoms with Gasteiger partial charge in [-0.05, 0) is 48.6 Å². The van der Waals surface area contributed by atoms with Gasteiger partial charge in [0, 0.05) is 12.1 Å². The van der Waals surface area contributed by atoms with E-state index in [1.54, 1.807) is 24.3 Å². The second-order valence-corrected chi connectivity index (χ2v) is 9.27. The predicted molar refractivity (Wildman–Crippen MR) is 106 cm³/mol. The van der Waals surface area contributed by atoms with Crippen molar-refractivity contribution in [3.63, 3.8) is 0 Å². The molecule has 1 N–H and O–H groups in total. The minimum Gasteiger partial charge on any atom is -0.343 e. The fourth-order valence-corrected chi connectivity index (χ4v) is 5.24. The van der Waals surface area contributed by atoms with Crippen LogP contribution in [-0.4, -0.2) is 36.8 Å². The Balaban J connectivity index is 1.39. The minimum absolute atomic E-state index is 0.111. The Morgan fingerprint density at radius 3 is 2.75 bits per heavy atom. The Morgan fingerprint density at radius 1 is 1.21 bits per heavy atom. The number of hydrogen-bond acceptors (Lipinski definition) is 7. The van der Waals surface area contributed by atoms with Gasteiger partial charge >= 0.3 is 0 Å². The molecule has 0 saturated carbocycles. The van der Waals surface area contributed by atoms with Gasteiger partial charge < -0.3 is 9.84 Å². The number of carbonyl (C=O) groups is 1. The summed E-state index contributed by atoms with van der Waals surface area (Å²) >= 11 is 1.50. The zero-order valence-electron chi connectivity index (χ0n) is 14.9. The predicted octanol–water partition coefficient (Wildman–Crippen LogP) is 2.66. The summed E-state index contributed by atoms with van der Waals surface area (Å²) in [6.45, 7) is 0.580. The maximum absolute atomic E-state index is 12.3. The number of rotatable bonds is 5. The highest BCUT2D eigenvalue weighted by atomic mass is 32.2. The molecule has 3 heterocycles. The number of carbonyl (C=O) groups excluding carboxylic acids is 1. The third-order valence-corrected chi connectivity index (χ3v) is 7.11. The Kier molecular flexibility index (Phi) is 5.14. The molecule has 1 aliphatic heterocycles. The first-order valence-corrected chi connectivity index (χ1v) is 11.3. The van der Waals surface area contributed by atoms with Crippen LogP contribution >= 0.6 is 11.3 Å². The van der Waals surface area contributed by atoms with Crippen LogP contribution in [0.2, 0.25) is 0 Å². The molecule has 1 saturated heterocycles. The Hall–Kier alpha value is -2.72. The molecule has 0 bridgehead atoms. The molecule has 0 spiro atoms. The lowest BCUT2D eigenvalue weighted by Gasteiger charge is -2.28. The van der Waals surface area contributed by atoms with Gasteiger partial charge in [0.1, 0.15) is 0 Å². The van der Waals surface area contributed by atoms with Crippen molar-refractivity contribution < 1.29 is 17.7 Å². The van der Waals surface area contributed by atoms with E-state index >= 15 is 0 Å². The van der Waals surface area contributed by atoms with Crippen LogP contribution in [-0.2, 0) is 16.6 Å². The first kappa shape index (κ1) is 18.6. The molecule has 0 unspecified atom stereocenters. The van der Waals surface area contributed by atoms with E-state index in [0.29, 0.717) is 35.9 Å². The number of hydrogen-bond donors (Lipinski definition) is 1. The third-order valence-electron chi connectivity index (χ3n) is 4.38. The van der Waals surface area contributed by atoms with E-state index in [1.807, 2.05) is 17.5 Å². The van der Waals surface area contributed by atoms with Gasteiger partial charge in [-0.1, -0.05) is 11.2 Å². The van der Waals surface area contributed by atoms with Gasteiger partial charge in [-0.15, -0.1) is 11.3 Å². The van der Waals surface area contributed by atoms with Gasteiger partial charge in [0.15, 0.2) is 0 Å². The smallest absolute Gasteiger partial charge is 0.251 e. The Bertz CT molecular complexity index is 1060. The molecule has 0 radical (unpaired) electrons. The molecule has 10 heteroatoms. The van der Waals surface area contributed by atoms with Crippen molar-refractivity contribution in [3.8, 4) is 10.7 Å². The molecule has 0 aliphatic carbocycles. The molecule has 0 atom stereocenters. The standard InChI is InChI=1S/C18H18N4O4S2/c23-18(19-12-16-20-17(21-26-16)15-4-3-10-27-15)13-5-7-14(8-6-13)22-9-1-2-11-28(22,24)25/h3-8,10H,1-2,9,11-12H2,(H,19,23). The van der Waals surface area contributed by atoms with Crippen LogP contribution < -0.4 is 9.62 Å². The molecule has 3 aromatic rings. The summed E-state index contributed by atoms with van der Waals surface area (Å²) in [6, 6.07) is 10.3. The lowest BCUT2D eigenvalue weighted by Crippen LogP contribution is -2.37. The number of anilines is 1. The third kappa shape index (κ3) is 3.92. The average molecular weight is 419 g/mol. The molecular weight excluding hydrogens is 400 g/mol. The van der Waals surface area contributed by atoms with Crippen molar-refractivity contribution in [2.24, 2.45) is 0 Å². The van der Waals surface area contributed by atoms with Crippen molar-refractivity contribution >= 4 is 33.0 Å². The van der Waals surface area contributed by atoms with Crippen LogP contribution in [0.4, 0.5) is 5.69 Å². The van der Waals surface area contributed by atoms with Crippen LogP contribution in [0.25, 0.3) is 10.7 Å².